The summed E-state index contributed by atoms with van der Waals surface area (Å²) in [5, 5.41) is 4.13. The van der Waals surface area contributed by atoms with Gasteiger partial charge in [0.1, 0.15) is 12.2 Å². The molecule has 6 nitrogen and oxygen atoms in total. The third-order valence-corrected chi connectivity index (χ3v) is 4.10. The lowest BCUT2D eigenvalue weighted by Gasteiger charge is -2.32. The summed E-state index contributed by atoms with van der Waals surface area (Å²) in [5.74, 6) is 2.29. The van der Waals surface area contributed by atoms with Gasteiger partial charge in [-0.3, -0.25) is 9.58 Å². The Morgan fingerprint density at radius 3 is 3.05 bits per heavy atom. The lowest BCUT2D eigenvalue weighted by atomic mass is 9.99. The van der Waals surface area contributed by atoms with Crippen LogP contribution >= 0.6 is 0 Å². The number of ether oxygens (including phenoxy) is 1. The number of aromatic nitrogens is 4. The van der Waals surface area contributed by atoms with Crippen LogP contribution < -0.4 is 4.74 Å². The van der Waals surface area contributed by atoms with Gasteiger partial charge in [-0.1, -0.05) is 6.07 Å². The van der Waals surface area contributed by atoms with Crippen molar-refractivity contribution in [3.63, 3.8) is 0 Å². The van der Waals surface area contributed by atoms with Gasteiger partial charge in [-0.25, -0.2) is 9.97 Å². The number of hydrogen-bond acceptors (Lipinski definition) is 5. The summed E-state index contributed by atoms with van der Waals surface area (Å²) in [4.78, 5) is 11.1. The maximum atomic E-state index is 5.86. The minimum Gasteiger partial charge on any atom is -0.477 e. The molecule has 0 N–H and O–H groups in total. The van der Waals surface area contributed by atoms with Gasteiger partial charge in [0, 0.05) is 31.3 Å². The van der Waals surface area contributed by atoms with E-state index >= 15 is 0 Å². The first-order valence-corrected chi connectivity index (χ1v) is 7.82. The second-order valence-corrected chi connectivity index (χ2v) is 5.97. The molecule has 118 valence electrons. The SMILES string of the molecule is Cc1cccc(OCC2CCCN(Cc3ncnn3C)C2)n1. The predicted octanol–water partition coefficient (Wildman–Crippen LogP) is 1.81. The molecule has 0 radical (unpaired) electrons. The normalized spacial score (nSPS) is 19.3. The van der Waals surface area contributed by atoms with Crippen molar-refractivity contribution in [2.24, 2.45) is 13.0 Å². The van der Waals surface area contributed by atoms with E-state index in [9.17, 15) is 0 Å². The summed E-state index contributed by atoms with van der Waals surface area (Å²) in [6.07, 6.45) is 4.03. The molecule has 6 heteroatoms. The van der Waals surface area contributed by atoms with E-state index in [0.29, 0.717) is 5.92 Å². The Balaban J connectivity index is 1.51. The summed E-state index contributed by atoms with van der Waals surface area (Å²) in [6, 6.07) is 5.89. The fourth-order valence-corrected chi connectivity index (χ4v) is 2.90. The van der Waals surface area contributed by atoms with Gasteiger partial charge in [-0.2, -0.15) is 5.10 Å². The summed E-state index contributed by atoms with van der Waals surface area (Å²) in [6.45, 7) is 5.72. The quantitative estimate of drug-likeness (QED) is 0.843. The topological polar surface area (TPSA) is 56.1 Å². The standard InChI is InChI=1S/C16H23N5O/c1-13-5-3-7-16(19-13)22-11-14-6-4-8-21(9-14)10-15-17-12-18-20(15)2/h3,5,7,12,14H,4,6,8-11H2,1-2H3. The van der Waals surface area contributed by atoms with Gasteiger partial charge in [0.2, 0.25) is 5.88 Å². The van der Waals surface area contributed by atoms with Gasteiger partial charge in [-0.05, 0) is 32.4 Å². The van der Waals surface area contributed by atoms with Gasteiger partial charge >= 0.3 is 0 Å². The van der Waals surface area contributed by atoms with E-state index in [1.54, 1.807) is 6.33 Å². The average Bonchev–Trinajstić information content (AvgIpc) is 2.91. The highest BCUT2D eigenvalue weighted by Crippen LogP contribution is 2.19. The Bertz CT molecular complexity index is 612. The molecule has 2 aromatic heterocycles. The molecule has 0 aliphatic carbocycles. The van der Waals surface area contributed by atoms with Gasteiger partial charge in [0.05, 0.1) is 13.2 Å². The van der Waals surface area contributed by atoms with E-state index in [1.807, 2.05) is 36.9 Å². The smallest absolute Gasteiger partial charge is 0.213 e. The monoisotopic (exact) mass is 301 g/mol. The zero-order valence-electron chi connectivity index (χ0n) is 13.3. The molecule has 22 heavy (non-hydrogen) atoms. The van der Waals surface area contributed by atoms with Crippen LogP contribution in [0.5, 0.6) is 5.88 Å². The summed E-state index contributed by atoms with van der Waals surface area (Å²) < 4.78 is 7.71. The van der Waals surface area contributed by atoms with Crippen molar-refractivity contribution in [2.75, 3.05) is 19.7 Å². The van der Waals surface area contributed by atoms with E-state index < -0.39 is 0 Å². The van der Waals surface area contributed by atoms with E-state index in [0.717, 1.165) is 43.6 Å². The first-order valence-electron chi connectivity index (χ1n) is 7.82. The minimum absolute atomic E-state index is 0.546. The Kier molecular flexibility index (Phi) is 4.68. The zero-order valence-corrected chi connectivity index (χ0v) is 13.3. The van der Waals surface area contributed by atoms with Gasteiger partial charge in [0.15, 0.2) is 0 Å². The molecule has 0 aromatic carbocycles. The van der Waals surface area contributed by atoms with Crippen LogP contribution in [0.4, 0.5) is 0 Å². The van der Waals surface area contributed by atoms with Crippen LogP contribution in [0.15, 0.2) is 24.5 Å². The van der Waals surface area contributed by atoms with Crippen LogP contribution in [0, 0.1) is 12.8 Å². The van der Waals surface area contributed by atoms with Crippen molar-refractivity contribution in [2.45, 2.75) is 26.3 Å². The van der Waals surface area contributed by atoms with Crippen molar-refractivity contribution < 1.29 is 4.74 Å². The number of nitrogens with zero attached hydrogens (tertiary/aromatic N) is 5. The molecule has 0 spiro atoms. The molecule has 1 fully saturated rings. The minimum atomic E-state index is 0.546. The average molecular weight is 301 g/mol. The second-order valence-electron chi connectivity index (χ2n) is 5.97. The highest BCUT2D eigenvalue weighted by Gasteiger charge is 2.21. The van der Waals surface area contributed by atoms with Crippen LogP contribution in [-0.4, -0.2) is 44.3 Å². The molecule has 1 atom stereocenters. The Morgan fingerprint density at radius 1 is 1.36 bits per heavy atom. The van der Waals surface area contributed by atoms with Crippen LogP contribution in [0.1, 0.15) is 24.4 Å². The van der Waals surface area contributed by atoms with Crippen molar-refractivity contribution in [3.05, 3.63) is 36.0 Å². The molecule has 1 aliphatic rings. The molecule has 1 aliphatic heterocycles. The molecule has 0 saturated carbocycles. The highest BCUT2D eigenvalue weighted by molar-refractivity contribution is 5.14. The molecule has 1 saturated heterocycles. The lowest BCUT2D eigenvalue weighted by Crippen LogP contribution is -2.37. The van der Waals surface area contributed by atoms with Crippen LogP contribution in [0.2, 0.25) is 0 Å². The largest absolute Gasteiger partial charge is 0.477 e. The zero-order chi connectivity index (χ0) is 15.4. The third kappa shape index (κ3) is 3.82. The number of likely N-dealkylation sites (tertiary alicyclic amines) is 1. The first-order chi connectivity index (χ1) is 10.7. The fourth-order valence-electron chi connectivity index (χ4n) is 2.90. The van der Waals surface area contributed by atoms with Crippen LogP contribution in [0.25, 0.3) is 0 Å². The lowest BCUT2D eigenvalue weighted by molar-refractivity contribution is 0.120. The molecule has 1 unspecified atom stereocenters. The van der Waals surface area contributed by atoms with Crippen molar-refractivity contribution in [1.29, 1.82) is 0 Å². The van der Waals surface area contributed by atoms with E-state index in [2.05, 4.69) is 20.0 Å². The maximum absolute atomic E-state index is 5.86. The van der Waals surface area contributed by atoms with Gasteiger partial charge < -0.3 is 4.74 Å². The Morgan fingerprint density at radius 2 is 2.27 bits per heavy atom. The molecule has 2 aromatic rings. The van der Waals surface area contributed by atoms with Crippen molar-refractivity contribution >= 4 is 0 Å². The van der Waals surface area contributed by atoms with Crippen LogP contribution in [-0.2, 0) is 13.6 Å². The second kappa shape index (κ2) is 6.87. The first kappa shape index (κ1) is 15.0. The molecular formula is C16H23N5O. The van der Waals surface area contributed by atoms with E-state index in [-0.39, 0.29) is 0 Å². The highest BCUT2D eigenvalue weighted by atomic mass is 16.5. The van der Waals surface area contributed by atoms with E-state index in [1.165, 1.54) is 12.8 Å². The molecule has 0 bridgehead atoms. The van der Waals surface area contributed by atoms with Crippen molar-refractivity contribution in [1.82, 2.24) is 24.6 Å². The number of rotatable bonds is 5. The summed E-state index contributed by atoms with van der Waals surface area (Å²) >= 11 is 0. The Hall–Kier alpha value is -1.95. The Labute approximate surface area is 131 Å². The molecule has 3 heterocycles. The summed E-state index contributed by atoms with van der Waals surface area (Å²) in [7, 11) is 1.94. The number of piperidine rings is 1. The number of aryl methyl sites for hydroxylation is 2. The van der Waals surface area contributed by atoms with Crippen LogP contribution in [0.3, 0.4) is 0 Å². The van der Waals surface area contributed by atoms with Gasteiger partial charge in [-0.15, -0.1) is 0 Å². The van der Waals surface area contributed by atoms with E-state index in [4.69, 9.17) is 4.74 Å². The number of hydrogen-bond donors (Lipinski definition) is 0. The fraction of sp³-hybridized carbons (Fsp3) is 0.562. The molecular weight excluding hydrogens is 278 g/mol. The predicted molar refractivity (Wildman–Crippen MR) is 83.5 cm³/mol. The third-order valence-electron chi connectivity index (χ3n) is 4.10. The van der Waals surface area contributed by atoms with Crippen molar-refractivity contribution in [3.8, 4) is 5.88 Å². The summed E-state index contributed by atoms with van der Waals surface area (Å²) in [5.41, 5.74) is 0.991. The molecule has 3 rings (SSSR count). The maximum Gasteiger partial charge on any atom is 0.213 e. The van der Waals surface area contributed by atoms with Gasteiger partial charge in [0.25, 0.3) is 0 Å². The number of pyridine rings is 1. The molecule has 0 amide bonds.